The Balaban J connectivity index is 1.58. The molecule has 0 spiro atoms. The lowest BCUT2D eigenvalue weighted by molar-refractivity contribution is 0.0956. The summed E-state index contributed by atoms with van der Waals surface area (Å²) in [5, 5.41) is 7.71. The highest BCUT2D eigenvalue weighted by Gasteiger charge is 2.15. The van der Waals surface area contributed by atoms with Crippen LogP contribution in [0, 0.1) is 6.92 Å². The molecular formula is C18H18N4O2S. The van der Waals surface area contributed by atoms with E-state index in [2.05, 4.69) is 15.4 Å². The van der Waals surface area contributed by atoms with E-state index in [-0.39, 0.29) is 11.5 Å². The zero-order valence-corrected chi connectivity index (χ0v) is 14.6. The van der Waals surface area contributed by atoms with Crippen LogP contribution < -0.4 is 10.9 Å². The van der Waals surface area contributed by atoms with E-state index in [1.807, 2.05) is 37.3 Å². The highest BCUT2D eigenvalue weighted by molar-refractivity contribution is 7.17. The summed E-state index contributed by atoms with van der Waals surface area (Å²) in [5.41, 5.74) is 1.59. The van der Waals surface area contributed by atoms with Crippen LogP contribution in [-0.4, -0.2) is 27.2 Å². The third-order valence-corrected chi connectivity index (χ3v) is 4.85. The van der Waals surface area contributed by atoms with E-state index in [4.69, 9.17) is 0 Å². The van der Waals surface area contributed by atoms with Crippen LogP contribution in [0.4, 0.5) is 0 Å². The van der Waals surface area contributed by atoms with Crippen molar-refractivity contribution in [2.24, 2.45) is 0 Å². The third-order valence-electron chi connectivity index (χ3n) is 3.64. The van der Waals surface area contributed by atoms with Gasteiger partial charge in [0.15, 0.2) is 0 Å². The first kappa shape index (κ1) is 17.0. The van der Waals surface area contributed by atoms with Gasteiger partial charge < -0.3 is 5.32 Å². The smallest absolute Gasteiger partial charge is 0.266 e. The second-order valence-electron chi connectivity index (χ2n) is 5.49. The summed E-state index contributed by atoms with van der Waals surface area (Å²) in [7, 11) is 0. The van der Waals surface area contributed by atoms with Crippen LogP contribution in [0.15, 0.2) is 53.5 Å². The molecule has 1 amide bonds. The second kappa shape index (κ2) is 7.85. The first-order valence-corrected chi connectivity index (χ1v) is 8.80. The molecule has 0 aliphatic heterocycles. The van der Waals surface area contributed by atoms with Crippen molar-refractivity contribution in [3.63, 3.8) is 0 Å². The molecule has 0 saturated heterocycles. The molecule has 6 nitrogen and oxygen atoms in total. The van der Waals surface area contributed by atoms with Gasteiger partial charge in [0.1, 0.15) is 9.88 Å². The number of aromatic nitrogens is 3. The summed E-state index contributed by atoms with van der Waals surface area (Å²) in [6.45, 7) is 2.78. The van der Waals surface area contributed by atoms with Crippen molar-refractivity contribution in [1.29, 1.82) is 0 Å². The molecule has 3 rings (SSSR count). The minimum Gasteiger partial charge on any atom is -0.351 e. The van der Waals surface area contributed by atoms with Crippen LogP contribution in [0.2, 0.25) is 0 Å². The number of aryl methyl sites for hydroxylation is 2. The van der Waals surface area contributed by atoms with Gasteiger partial charge in [0, 0.05) is 30.9 Å². The Morgan fingerprint density at radius 3 is 2.76 bits per heavy atom. The molecule has 0 bridgehead atoms. The molecule has 0 fully saturated rings. The minimum atomic E-state index is -0.139. The van der Waals surface area contributed by atoms with Gasteiger partial charge >= 0.3 is 0 Å². The number of carbonyl (C=O) groups excluding carboxylic acids is 1. The summed E-state index contributed by atoms with van der Waals surface area (Å²) in [5.74, 6) is -0.134. The van der Waals surface area contributed by atoms with Crippen LogP contribution in [-0.2, 0) is 6.54 Å². The molecule has 2 heterocycles. The summed E-state index contributed by atoms with van der Waals surface area (Å²) >= 11 is 1.39. The van der Waals surface area contributed by atoms with Gasteiger partial charge in [-0.3, -0.25) is 9.59 Å². The molecule has 1 aromatic carbocycles. The fourth-order valence-corrected chi connectivity index (χ4v) is 3.37. The van der Waals surface area contributed by atoms with Crippen LogP contribution >= 0.6 is 11.3 Å². The van der Waals surface area contributed by atoms with E-state index in [9.17, 15) is 9.59 Å². The average Bonchev–Trinajstić information content (AvgIpc) is 3.02. The fraction of sp³-hybridized carbons (Fsp3) is 0.222. The summed E-state index contributed by atoms with van der Waals surface area (Å²) in [6, 6.07) is 12.9. The molecule has 0 aliphatic carbocycles. The molecule has 0 saturated carbocycles. The first-order chi connectivity index (χ1) is 12.1. The number of nitrogens with zero attached hydrogens (tertiary/aromatic N) is 3. The summed E-state index contributed by atoms with van der Waals surface area (Å²) < 4.78 is 1.39. The maximum absolute atomic E-state index is 12.4. The topological polar surface area (TPSA) is 76.9 Å². The predicted octanol–water partition coefficient (Wildman–Crippen LogP) is 2.50. The molecule has 2 aromatic heterocycles. The highest BCUT2D eigenvalue weighted by Crippen LogP contribution is 2.27. The van der Waals surface area contributed by atoms with Crippen molar-refractivity contribution in [3.8, 4) is 10.6 Å². The Hall–Kier alpha value is -2.80. The maximum atomic E-state index is 12.4. The van der Waals surface area contributed by atoms with Gasteiger partial charge in [0.2, 0.25) is 0 Å². The lowest BCUT2D eigenvalue weighted by Gasteiger charge is -2.05. The fourth-order valence-electron chi connectivity index (χ4n) is 2.38. The largest absolute Gasteiger partial charge is 0.351 e. The molecule has 0 atom stereocenters. The predicted molar refractivity (Wildman–Crippen MR) is 97.7 cm³/mol. The van der Waals surface area contributed by atoms with Crippen molar-refractivity contribution >= 4 is 17.2 Å². The second-order valence-corrected chi connectivity index (χ2v) is 6.49. The van der Waals surface area contributed by atoms with Crippen molar-refractivity contribution in [2.75, 3.05) is 6.54 Å². The van der Waals surface area contributed by atoms with Gasteiger partial charge in [-0.1, -0.05) is 30.3 Å². The normalized spacial score (nSPS) is 10.6. The zero-order valence-electron chi connectivity index (χ0n) is 13.8. The molecular weight excluding hydrogens is 336 g/mol. The Morgan fingerprint density at radius 1 is 1.20 bits per heavy atom. The molecule has 0 unspecified atom stereocenters. The number of rotatable bonds is 6. The van der Waals surface area contributed by atoms with Gasteiger partial charge in [-0.25, -0.2) is 9.67 Å². The molecule has 0 radical (unpaired) electrons. The van der Waals surface area contributed by atoms with E-state index in [0.29, 0.717) is 24.4 Å². The van der Waals surface area contributed by atoms with E-state index in [1.165, 1.54) is 22.1 Å². The zero-order chi connectivity index (χ0) is 17.6. The Kier molecular flexibility index (Phi) is 5.35. The van der Waals surface area contributed by atoms with Gasteiger partial charge in [0.25, 0.3) is 11.5 Å². The van der Waals surface area contributed by atoms with E-state index in [1.54, 1.807) is 12.3 Å². The number of amides is 1. The Labute approximate surface area is 149 Å². The Morgan fingerprint density at radius 2 is 2.00 bits per heavy atom. The molecule has 3 aromatic rings. The van der Waals surface area contributed by atoms with Gasteiger partial charge in [-0.05, 0) is 19.4 Å². The number of thiazole rings is 1. The van der Waals surface area contributed by atoms with Crippen molar-refractivity contribution < 1.29 is 4.79 Å². The summed E-state index contributed by atoms with van der Waals surface area (Å²) in [6.07, 6.45) is 2.21. The molecule has 1 N–H and O–H groups in total. The summed E-state index contributed by atoms with van der Waals surface area (Å²) in [4.78, 5) is 29.0. The van der Waals surface area contributed by atoms with Crippen molar-refractivity contribution in [3.05, 3.63) is 69.6 Å². The van der Waals surface area contributed by atoms with E-state index in [0.717, 1.165) is 16.3 Å². The minimum absolute atomic E-state index is 0.134. The van der Waals surface area contributed by atoms with E-state index >= 15 is 0 Å². The monoisotopic (exact) mass is 354 g/mol. The lowest BCUT2D eigenvalue weighted by atomic mass is 10.2. The van der Waals surface area contributed by atoms with Crippen LogP contribution in [0.3, 0.4) is 0 Å². The quantitative estimate of drug-likeness (QED) is 0.690. The molecule has 25 heavy (non-hydrogen) atoms. The van der Waals surface area contributed by atoms with Crippen molar-refractivity contribution in [1.82, 2.24) is 20.1 Å². The van der Waals surface area contributed by atoms with Crippen LogP contribution in [0.5, 0.6) is 0 Å². The SMILES string of the molecule is Cc1nc(-c2ccccc2)sc1C(=O)NCCCn1ncccc1=O. The number of nitrogens with one attached hydrogen (secondary N) is 1. The van der Waals surface area contributed by atoms with Gasteiger partial charge in [0.05, 0.1) is 5.69 Å². The van der Waals surface area contributed by atoms with Crippen LogP contribution in [0.25, 0.3) is 10.6 Å². The maximum Gasteiger partial charge on any atom is 0.266 e. The number of carbonyl (C=O) groups is 1. The van der Waals surface area contributed by atoms with Crippen LogP contribution in [0.1, 0.15) is 21.8 Å². The van der Waals surface area contributed by atoms with Gasteiger partial charge in [-0.15, -0.1) is 11.3 Å². The number of hydrogen-bond donors (Lipinski definition) is 1. The van der Waals surface area contributed by atoms with Gasteiger partial charge in [-0.2, -0.15) is 5.10 Å². The standard InChI is InChI=1S/C18H18N4O2S/c1-13-16(25-18(21-13)14-7-3-2-4-8-14)17(24)19-10-6-12-22-15(23)9-5-11-20-22/h2-5,7-9,11H,6,10,12H2,1H3,(H,19,24). The van der Waals surface area contributed by atoms with E-state index < -0.39 is 0 Å². The first-order valence-electron chi connectivity index (χ1n) is 7.98. The Bertz CT molecular complexity index is 918. The molecule has 0 aliphatic rings. The van der Waals surface area contributed by atoms with Crippen molar-refractivity contribution in [2.45, 2.75) is 19.9 Å². The average molecular weight is 354 g/mol. The number of hydrogen-bond acceptors (Lipinski definition) is 5. The molecule has 7 heteroatoms. The lowest BCUT2D eigenvalue weighted by Crippen LogP contribution is -2.27. The molecule has 128 valence electrons. The highest BCUT2D eigenvalue weighted by atomic mass is 32.1. The number of benzene rings is 1. The third kappa shape index (κ3) is 4.19.